The third kappa shape index (κ3) is 5.55. The quantitative estimate of drug-likeness (QED) is 0.375. The first-order chi connectivity index (χ1) is 18.0. The molecule has 3 N–H and O–H groups in total. The average Bonchev–Trinajstić information content (AvgIpc) is 2.92. The van der Waals surface area contributed by atoms with E-state index >= 15 is 0 Å². The number of aromatic amines is 1. The van der Waals surface area contributed by atoms with Gasteiger partial charge in [0.2, 0.25) is 0 Å². The highest BCUT2D eigenvalue weighted by molar-refractivity contribution is 5.95. The summed E-state index contributed by atoms with van der Waals surface area (Å²) in [5.74, 6) is -1.29. The molecule has 5 rings (SSSR count). The van der Waals surface area contributed by atoms with Gasteiger partial charge in [-0.05, 0) is 61.6 Å². The van der Waals surface area contributed by atoms with E-state index in [1.54, 1.807) is 42.7 Å². The van der Waals surface area contributed by atoms with Crippen LogP contribution in [0.2, 0.25) is 0 Å². The summed E-state index contributed by atoms with van der Waals surface area (Å²) in [5, 5.41) is 13.9. The fourth-order valence-electron chi connectivity index (χ4n) is 4.84. The van der Waals surface area contributed by atoms with Gasteiger partial charge in [0.1, 0.15) is 5.82 Å². The van der Waals surface area contributed by atoms with E-state index in [0.717, 1.165) is 19.3 Å². The molecule has 2 amide bonds. The van der Waals surface area contributed by atoms with Crippen molar-refractivity contribution >= 4 is 22.6 Å². The molecular formula is C28H26FN5O3. The summed E-state index contributed by atoms with van der Waals surface area (Å²) in [6.07, 6.45) is 6.42. The summed E-state index contributed by atoms with van der Waals surface area (Å²) in [5.41, 5.74) is 1.54. The van der Waals surface area contributed by atoms with Crippen LogP contribution < -0.4 is 16.2 Å². The van der Waals surface area contributed by atoms with Crippen molar-refractivity contribution in [3.05, 3.63) is 106 Å². The number of carbonyl (C=O) groups is 2. The second-order valence-electron chi connectivity index (χ2n) is 9.28. The van der Waals surface area contributed by atoms with E-state index in [1.807, 2.05) is 12.1 Å². The number of aromatic nitrogens is 3. The molecule has 0 saturated heterocycles. The number of amides is 2. The predicted molar refractivity (Wildman–Crippen MR) is 137 cm³/mol. The van der Waals surface area contributed by atoms with E-state index < -0.39 is 11.7 Å². The van der Waals surface area contributed by atoms with Crippen molar-refractivity contribution in [2.45, 2.75) is 44.2 Å². The maximum Gasteiger partial charge on any atom is 0.272 e. The van der Waals surface area contributed by atoms with Gasteiger partial charge in [-0.2, -0.15) is 5.10 Å². The molecule has 2 aromatic carbocycles. The van der Waals surface area contributed by atoms with Crippen LogP contribution in [0.4, 0.5) is 4.39 Å². The molecule has 1 aliphatic rings. The van der Waals surface area contributed by atoms with Crippen molar-refractivity contribution in [2.75, 3.05) is 0 Å². The van der Waals surface area contributed by atoms with Crippen LogP contribution in [0.15, 0.2) is 71.8 Å². The van der Waals surface area contributed by atoms with Gasteiger partial charge in [-0.15, -0.1) is 0 Å². The SMILES string of the molecule is O=C(NC1CCCC(NC(=O)c2cc(Cc3n[nH]c(=O)c4ccccc34)ccc2F)C1)c1ccncc1. The van der Waals surface area contributed by atoms with Gasteiger partial charge in [0.25, 0.3) is 17.4 Å². The van der Waals surface area contributed by atoms with E-state index in [2.05, 4.69) is 25.8 Å². The number of benzene rings is 2. The van der Waals surface area contributed by atoms with Gasteiger partial charge in [-0.25, -0.2) is 9.49 Å². The van der Waals surface area contributed by atoms with Gasteiger partial charge in [0.15, 0.2) is 0 Å². The molecule has 4 aromatic rings. The standard InChI is InChI=1S/C28H26FN5O3/c29-24-9-8-17(15-25-21-6-1-2-7-22(21)28(37)34-33-25)14-23(24)27(36)32-20-5-3-4-19(16-20)31-26(35)18-10-12-30-13-11-18/h1-2,6-14,19-20H,3-5,15-16H2,(H,31,35)(H,32,36)(H,34,37). The second kappa shape index (κ2) is 10.7. The number of fused-ring (bicyclic) bond motifs is 1. The number of carbonyl (C=O) groups excluding carboxylic acids is 2. The molecule has 8 nitrogen and oxygen atoms in total. The lowest BCUT2D eigenvalue weighted by atomic mass is 9.90. The van der Waals surface area contributed by atoms with Crippen molar-refractivity contribution in [2.24, 2.45) is 0 Å². The highest BCUT2D eigenvalue weighted by Crippen LogP contribution is 2.22. The molecule has 1 fully saturated rings. The van der Waals surface area contributed by atoms with Gasteiger partial charge in [-0.3, -0.25) is 19.4 Å². The first-order valence-corrected chi connectivity index (χ1v) is 12.2. The van der Waals surface area contributed by atoms with Crippen LogP contribution in [0.5, 0.6) is 0 Å². The Morgan fingerprint density at radius 2 is 1.65 bits per heavy atom. The molecule has 9 heteroatoms. The van der Waals surface area contributed by atoms with Crippen LogP contribution >= 0.6 is 0 Å². The maximum absolute atomic E-state index is 14.7. The maximum atomic E-state index is 14.7. The highest BCUT2D eigenvalue weighted by Gasteiger charge is 2.26. The molecule has 1 aliphatic carbocycles. The summed E-state index contributed by atoms with van der Waals surface area (Å²) < 4.78 is 14.7. The topological polar surface area (TPSA) is 117 Å². The molecule has 1 saturated carbocycles. The Kier molecular flexibility index (Phi) is 7.02. The van der Waals surface area contributed by atoms with Crippen molar-refractivity contribution < 1.29 is 14.0 Å². The summed E-state index contributed by atoms with van der Waals surface area (Å²) in [6.45, 7) is 0. The Hall–Kier alpha value is -4.40. The number of rotatable bonds is 6. The minimum atomic E-state index is -0.612. The molecule has 2 unspecified atom stereocenters. The summed E-state index contributed by atoms with van der Waals surface area (Å²) >= 11 is 0. The fraction of sp³-hybridized carbons (Fsp3) is 0.250. The zero-order valence-corrected chi connectivity index (χ0v) is 20.0. The third-order valence-corrected chi connectivity index (χ3v) is 6.71. The smallest absolute Gasteiger partial charge is 0.272 e. The molecule has 37 heavy (non-hydrogen) atoms. The first-order valence-electron chi connectivity index (χ1n) is 12.2. The zero-order valence-electron chi connectivity index (χ0n) is 20.0. The normalized spacial score (nSPS) is 17.3. The lowest BCUT2D eigenvalue weighted by Gasteiger charge is -2.30. The number of nitrogens with zero attached hydrogens (tertiary/aromatic N) is 2. The minimum Gasteiger partial charge on any atom is -0.349 e. The third-order valence-electron chi connectivity index (χ3n) is 6.71. The number of pyridine rings is 1. The lowest BCUT2D eigenvalue weighted by Crippen LogP contribution is -2.46. The van der Waals surface area contributed by atoms with Gasteiger partial charge < -0.3 is 10.6 Å². The predicted octanol–water partition coefficient (Wildman–Crippen LogP) is 3.52. The molecule has 2 atom stereocenters. The first kappa shape index (κ1) is 24.3. The largest absolute Gasteiger partial charge is 0.349 e. The summed E-state index contributed by atoms with van der Waals surface area (Å²) in [4.78, 5) is 41.5. The summed E-state index contributed by atoms with van der Waals surface area (Å²) in [7, 11) is 0. The number of H-pyrrole nitrogens is 1. The summed E-state index contributed by atoms with van der Waals surface area (Å²) in [6, 6.07) is 14.6. The van der Waals surface area contributed by atoms with Gasteiger partial charge in [-0.1, -0.05) is 24.3 Å². The van der Waals surface area contributed by atoms with E-state index in [4.69, 9.17) is 0 Å². The van der Waals surface area contributed by atoms with Crippen molar-refractivity contribution in [1.82, 2.24) is 25.8 Å². The van der Waals surface area contributed by atoms with Crippen molar-refractivity contribution in [1.29, 1.82) is 0 Å². The molecule has 2 heterocycles. The zero-order chi connectivity index (χ0) is 25.8. The Balaban J connectivity index is 1.27. The molecule has 0 spiro atoms. The van der Waals surface area contributed by atoms with E-state index in [-0.39, 0.29) is 29.1 Å². The van der Waals surface area contributed by atoms with Crippen molar-refractivity contribution in [3.63, 3.8) is 0 Å². The minimum absolute atomic E-state index is 0.0471. The van der Waals surface area contributed by atoms with Crippen LogP contribution in [0.25, 0.3) is 10.8 Å². The Bertz CT molecular complexity index is 1500. The van der Waals surface area contributed by atoms with Crippen LogP contribution in [-0.2, 0) is 6.42 Å². The fourth-order valence-corrected chi connectivity index (χ4v) is 4.84. The molecule has 0 bridgehead atoms. The Morgan fingerprint density at radius 1 is 0.946 bits per heavy atom. The molecule has 2 aromatic heterocycles. The van der Waals surface area contributed by atoms with Crippen LogP contribution in [0.3, 0.4) is 0 Å². The average molecular weight is 500 g/mol. The number of hydrogen-bond donors (Lipinski definition) is 3. The molecular weight excluding hydrogens is 473 g/mol. The molecule has 188 valence electrons. The van der Waals surface area contributed by atoms with E-state index in [9.17, 15) is 18.8 Å². The lowest BCUT2D eigenvalue weighted by molar-refractivity contribution is 0.0901. The van der Waals surface area contributed by atoms with Gasteiger partial charge >= 0.3 is 0 Å². The van der Waals surface area contributed by atoms with Crippen LogP contribution in [0, 0.1) is 5.82 Å². The number of nitrogens with one attached hydrogen (secondary N) is 3. The van der Waals surface area contributed by atoms with Crippen LogP contribution in [0.1, 0.15) is 57.7 Å². The Morgan fingerprint density at radius 3 is 2.41 bits per heavy atom. The van der Waals surface area contributed by atoms with Crippen molar-refractivity contribution in [3.8, 4) is 0 Å². The van der Waals surface area contributed by atoms with Crippen LogP contribution in [-0.4, -0.2) is 39.1 Å². The Labute approximate surface area is 212 Å². The van der Waals surface area contributed by atoms with Gasteiger partial charge in [0, 0.05) is 41.8 Å². The second-order valence-corrected chi connectivity index (χ2v) is 9.28. The number of halogens is 1. The highest BCUT2D eigenvalue weighted by atomic mass is 19.1. The van der Waals surface area contributed by atoms with Gasteiger partial charge in [0.05, 0.1) is 16.6 Å². The molecule has 0 radical (unpaired) electrons. The number of hydrogen-bond acceptors (Lipinski definition) is 5. The van der Waals surface area contributed by atoms with E-state index in [0.29, 0.717) is 40.4 Å². The molecule has 0 aliphatic heterocycles. The monoisotopic (exact) mass is 499 g/mol. The van der Waals surface area contributed by atoms with E-state index in [1.165, 1.54) is 12.1 Å².